The highest BCUT2D eigenvalue weighted by Crippen LogP contribution is 2.18. The van der Waals surface area contributed by atoms with E-state index in [0.717, 1.165) is 37.0 Å². The smallest absolute Gasteiger partial charge is 0.335 e. The van der Waals surface area contributed by atoms with Crippen LogP contribution in [0.1, 0.15) is 47.2 Å². The van der Waals surface area contributed by atoms with Crippen molar-refractivity contribution in [2.75, 3.05) is 19.8 Å². The SMILES string of the molecule is CCOC(=O)C(Cc1ccc(OC/C=C/c2cc(CCc3ccccc3)cc(CCc3ccccc3)c2)cc1)OCC. The van der Waals surface area contributed by atoms with Crippen LogP contribution in [0.3, 0.4) is 0 Å². The molecule has 4 heteroatoms. The minimum atomic E-state index is -0.592. The summed E-state index contributed by atoms with van der Waals surface area (Å²) < 4.78 is 16.7. The molecule has 42 heavy (non-hydrogen) atoms. The van der Waals surface area contributed by atoms with Crippen molar-refractivity contribution in [2.24, 2.45) is 0 Å². The molecular weight excluding hydrogens is 520 g/mol. The first-order valence-corrected chi connectivity index (χ1v) is 15.0. The van der Waals surface area contributed by atoms with Crippen molar-refractivity contribution in [3.05, 3.63) is 143 Å². The van der Waals surface area contributed by atoms with Crippen LogP contribution in [0.2, 0.25) is 0 Å². The number of benzene rings is 4. The topological polar surface area (TPSA) is 44.8 Å². The highest BCUT2D eigenvalue weighted by Gasteiger charge is 2.20. The van der Waals surface area contributed by atoms with E-state index < -0.39 is 6.10 Å². The third kappa shape index (κ3) is 10.4. The number of carbonyl (C=O) groups is 1. The number of carbonyl (C=O) groups excluding carboxylic acids is 1. The van der Waals surface area contributed by atoms with Gasteiger partial charge in [-0.1, -0.05) is 97.1 Å². The second-order valence-electron chi connectivity index (χ2n) is 10.3. The van der Waals surface area contributed by atoms with Gasteiger partial charge in [0, 0.05) is 13.0 Å². The summed E-state index contributed by atoms with van der Waals surface area (Å²) in [6, 6.07) is 36.1. The molecule has 4 aromatic rings. The molecule has 0 N–H and O–H groups in total. The van der Waals surface area contributed by atoms with Gasteiger partial charge in [0.05, 0.1) is 6.61 Å². The van der Waals surface area contributed by atoms with E-state index in [1.54, 1.807) is 6.92 Å². The number of esters is 1. The normalized spacial score (nSPS) is 11.9. The molecule has 4 rings (SSSR count). The molecule has 0 saturated carbocycles. The van der Waals surface area contributed by atoms with Crippen LogP contribution in [0.5, 0.6) is 5.75 Å². The van der Waals surface area contributed by atoms with E-state index in [-0.39, 0.29) is 5.97 Å². The number of hydrogen-bond donors (Lipinski definition) is 0. The van der Waals surface area contributed by atoms with Crippen molar-refractivity contribution in [2.45, 2.75) is 52.1 Å². The summed E-state index contributed by atoms with van der Waals surface area (Å²) in [5, 5.41) is 0. The Morgan fingerprint density at radius 2 is 1.24 bits per heavy atom. The Balaban J connectivity index is 1.36. The average molecular weight is 563 g/mol. The average Bonchev–Trinajstić information content (AvgIpc) is 3.03. The number of ether oxygens (including phenoxy) is 3. The van der Waals surface area contributed by atoms with Crippen molar-refractivity contribution < 1.29 is 19.0 Å². The molecule has 0 spiro atoms. The van der Waals surface area contributed by atoms with Gasteiger partial charge >= 0.3 is 5.97 Å². The lowest BCUT2D eigenvalue weighted by Crippen LogP contribution is -2.28. The van der Waals surface area contributed by atoms with Gasteiger partial charge < -0.3 is 14.2 Å². The molecule has 0 radical (unpaired) electrons. The van der Waals surface area contributed by atoms with Gasteiger partial charge in [0.1, 0.15) is 12.4 Å². The van der Waals surface area contributed by atoms with Gasteiger partial charge in [-0.2, -0.15) is 0 Å². The predicted octanol–water partition coefficient (Wildman–Crippen LogP) is 7.86. The summed E-state index contributed by atoms with van der Waals surface area (Å²) in [6.45, 7) is 4.95. The maximum atomic E-state index is 12.2. The van der Waals surface area contributed by atoms with Gasteiger partial charge in [-0.05, 0) is 91.1 Å². The molecule has 0 heterocycles. The summed E-state index contributed by atoms with van der Waals surface area (Å²) in [7, 11) is 0. The zero-order valence-electron chi connectivity index (χ0n) is 24.8. The van der Waals surface area contributed by atoms with Crippen LogP contribution < -0.4 is 4.74 Å². The fourth-order valence-corrected chi connectivity index (χ4v) is 4.95. The van der Waals surface area contributed by atoms with Crippen molar-refractivity contribution in [1.82, 2.24) is 0 Å². The lowest BCUT2D eigenvalue weighted by atomic mass is 9.96. The van der Waals surface area contributed by atoms with Gasteiger partial charge in [0.15, 0.2) is 6.10 Å². The summed E-state index contributed by atoms with van der Waals surface area (Å²) in [4.78, 5) is 12.2. The third-order valence-electron chi connectivity index (χ3n) is 7.08. The summed E-state index contributed by atoms with van der Waals surface area (Å²) >= 11 is 0. The zero-order chi connectivity index (χ0) is 29.4. The maximum Gasteiger partial charge on any atom is 0.335 e. The lowest BCUT2D eigenvalue weighted by molar-refractivity contribution is -0.156. The van der Waals surface area contributed by atoms with E-state index in [4.69, 9.17) is 14.2 Å². The first-order chi connectivity index (χ1) is 20.6. The molecule has 4 nitrogen and oxygen atoms in total. The number of rotatable bonds is 16. The lowest BCUT2D eigenvalue weighted by Gasteiger charge is -2.15. The van der Waals surface area contributed by atoms with Crippen molar-refractivity contribution in [1.29, 1.82) is 0 Å². The fourth-order valence-electron chi connectivity index (χ4n) is 4.95. The van der Waals surface area contributed by atoms with Gasteiger partial charge in [-0.15, -0.1) is 0 Å². The Bertz CT molecular complexity index is 1320. The van der Waals surface area contributed by atoms with Crippen LogP contribution in [0.15, 0.2) is 109 Å². The van der Waals surface area contributed by atoms with Gasteiger partial charge in [-0.3, -0.25) is 0 Å². The number of hydrogen-bond acceptors (Lipinski definition) is 4. The maximum absolute atomic E-state index is 12.2. The standard InChI is InChI=1S/C38H42O4/c1-3-40-37(38(39)41-4-2)29-32-21-23-36(24-22-32)42-25-11-16-33-26-34(19-17-30-12-7-5-8-13-30)28-35(27-33)20-18-31-14-9-6-10-15-31/h5-16,21-24,26-28,37H,3-4,17-20,25,29H2,1-2H3/b16-11+. The quantitative estimate of drug-likeness (QED) is 0.130. The van der Waals surface area contributed by atoms with Crippen LogP contribution in [0.4, 0.5) is 0 Å². The van der Waals surface area contributed by atoms with Gasteiger partial charge in [0.25, 0.3) is 0 Å². The monoisotopic (exact) mass is 562 g/mol. The first kappa shape index (κ1) is 30.8. The zero-order valence-corrected chi connectivity index (χ0v) is 24.8. The van der Waals surface area contributed by atoms with Gasteiger partial charge in [0.2, 0.25) is 0 Å². The van der Waals surface area contributed by atoms with Crippen LogP contribution in [-0.4, -0.2) is 31.9 Å². The molecule has 0 fully saturated rings. The molecule has 0 aliphatic heterocycles. The van der Waals surface area contributed by atoms with Crippen LogP contribution in [0, 0.1) is 0 Å². The molecular formula is C38H42O4. The molecule has 1 atom stereocenters. The van der Waals surface area contributed by atoms with Crippen LogP contribution in [0.25, 0.3) is 6.08 Å². The summed E-state index contributed by atoms with van der Waals surface area (Å²) in [5.74, 6) is 0.463. The molecule has 0 amide bonds. The summed E-state index contributed by atoms with van der Waals surface area (Å²) in [5.41, 5.74) is 7.63. The minimum Gasteiger partial charge on any atom is -0.490 e. The second kappa shape index (κ2) is 17.0. The number of aryl methyl sites for hydroxylation is 4. The van der Waals surface area contributed by atoms with Crippen molar-refractivity contribution in [3.63, 3.8) is 0 Å². The van der Waals surface area contributed by atoms with Gasteiger partial charge in [-0.25, -0.2) is 4.79 Å². The predicted molar refractivity (Wildman–Crippen MR) is 171 cm³/mol. The Morgan fingerprint density at radius 3 is 1.79 bits per heavy atom. The largest absolute Gasteiger partial charge is 0.490 e. The molecule has 0 aliphatic rings. The molecule has 0 bridgehead atoms. The van der Waals surface area contributed by atoms with E-state index in [0.29, 0.717) is 26.2 Å². The van der Waals surface area contributed by atoms with Crippen molar-refractivity contribution in [3.8, 4) is 5.75 Å². The highest BCUT2D eigenvalue weighted by atomic mass is 16.6. The molecule has 0 aromatic heterocycles. The Labute approximate surface area is 251 Å². The van der Waals surface area contributed by atoms with E-state index in [2.05, 4.69) is 91.0 Å². The van der Waals surface area contributed by atoms with Crippen LogP contribution in [-0.2, 0) is 46.4 Å². The Morgan fingerprint density at radius 1 is 0.667 bits per heavy atom. The van der Waals surface area contributed by atoms with E-state index in [1.165, 1.54) is 27.8 Å². The Hall–Kier alpha value is -4.15. The van der Waals surface area contributed by atoms with Crippen molar-refractivity contribution >= 4 is 12.0 Å². The van der Waals surface area contributed by atoms with Crippen LogP contribution >= 0.6 is 0 Å². The van der Waals surface area contributed by atoms with E-state index in [9.17, 15) is 4.79 Å². The van der Waals surface area contributed by atoms with E-state index in [1.807, 2.05) is 31.2 Å². The first-order valence-electron chi connectivity index (χ1n) is 15.0. The Kier molecular flexibility index (Phi) is 12.4. The molecule has 218 valence electrons. The molecule has 0 aliphatic carbocycles. The molecule has 1 unspecified atom stereocenters. The molecule has 0 saturated heterocycles. The third-order valence-corrected chi connectivity index (χ3v) is 7.08. The fraction of sp³-hybridized carbons (Fsp3) is 0.289. The second-order valence-corrected chi connectivity index (χ2v) is 10.3. The minimum absolute atomic E-state index is 0.322. The van der Waals surface area contributed by atoms with E-state index >= 15 is 0 Å². The summed E-state index contributed by atoms with van der Waals surface area (Å²) in [6.07, 6.45) is 8.16. The highest BCUT2D eigenvalue weighted by molar-refractivity contribution is 5.75. The molecule has 4 aromatic carbocycles.